The smallest absolute Gasteiger partial charge is 0.266 e. The fourth-order valence-corrected chi connectivity index (χ4v) is 2.28. The van der Waals surface area contributed by atoms with Crippen LogP contribution in [0.15, 0.2) is 42.5 Å². The summed E-state index contributed by atoms with van der Waals surface area (Å²) in [5.41, 5.74) is 0.661. The van der Waals surface area contributed by atoms with Gasteiger partial charge in [-0.25, -0.2) is 9.29 Å². The molecule has 19 heavy (non-hydrogen) atoms. The lowest BCUT2D eigenvalue weighted by atomic mass is 10.1. The van der Waals surface area contributed by atoms with Crippen molar-refractivity contribution < 1.29 is 14.0 Å². The zero-order valence-electron chi connectivity index (χ0n) is 9.56. The van der Waals surface area contributed by atoms with E-state index < -0.39 is 17.6 Å². The first kappa shape index (κ1) is 11.9. The number of hydrogen-bond donors (Lipinski definition) is 0. The molecule has 94 valence electrons. The number of rotatable bonds is 1. The summed E-state index contributed by atoms with van der Waals surface area (Å²) >= 11 is 5.83. The summed E-state index contributed by atoms with van der Waals surface area (Å²) in [6.07, 6.45) is 0. The van der Waals surface area contributed by atoms with Crippen molar-refractivity contribution >= 4 is 29.1 Å². The molecule has 2 aromatic rings. The molecular formula is C14H7ClFNO2. The van der Waals surface area contributed by atoms with Crippen molar-refractivity contribution in [1.29, 1.82) is 0 Å². The zero-order chi connectivity index (χ0) is 13.6. The van der Waals surface area contributed by atoms with Gasteiger partial charge in [0.1, 0.15) is 10.8 Å². The summed E-state index contributed by atoms with van der Waals surface area (Å²) < 4.78 is 13.4. The van der Waals surface area contributed by atoms with Gasteiger partial charge in [0.2, 0.25) is 0 Å². The summed E-state index contributed by atoms with van der Waals surface area (Å²) in [6.45, 7) is 0. The third-order valence-corrected chi connectivity index (χ3v) is 3.34. The SMILES string of the molecule is O=C1c2ccccc2C(=O)N1c1cccc(F)c1Cl. The van der Waals surface area contributed by atoms with E-state index in [0.29, 0.717) is 11.1 Å². The Labute approximate surface area is 113 Å². The molecule has 1 aliphatic heterocycles. The first-order valence-corrected chi connectivity index (χ1v) is 5.91. The maximum Gasteiger partial charge on any atom is 0.266 e. The Morgan fingerprint density at radius 3 is 2.05 bits per heavy atom. The number of amides is 2. The molecule has 0 unspecified atom stereocenters. The summed E-state index contributed by atoms with van der Waals surface area (Å²) in [6, 6.07) is 10.5. The minimum atomic E-state index is -0.671. The van der Waals surface area contributed by atoms with Gasteiger partial charge >= 0.3 is 0 Å². The molecule has 5 heteroatoms. The monoisotopic (exact) mass is 275 g/mol. The van der Waals surface area contributed by atoms with Crippen molar-refractivity contribution in [2.75, 3.05) is 4.90 Å². The molecule has 2 aromatic carbocycles. The van der Waals surface area contributed by atoms with E-state index in [1.165, 1.54) is 18.2 Å². The topological polar surface area (TPSA) is 37.4 Å². The predicted octanol–water partition coefficient (Wildman–Crippen LogP) is 3.28. The Hall–Kier alpha value is -2.20. The maximum absolute atomic E-state index is 13.4. The molecule has 0 spiro atoms. The third-order valence-electron chi connectivity index (χ3n) is 2.97. The molecule has 3 rings (SSSR count). The molecule has 2 amide bonds. The molecule has 0 aliphatic carbocycles. The molecule has 0 atom stereocenters. The fourth-order valence-electron chi connectivity index (χ4n) is 2.07. The van der Waals surface area contributed by atoms with E-state index in [2.05, 4.69) is 0 Å². The van der Waals surface area contributed by atoms with Crippen LogP contribution >= 0.6 is 11.6 Å². The van der Waals surface area contributed by atoms with Gasteiger partial charge in [-0.3, -0.25) is 9.59 Å². The Balaban J connectivity index is 2.17. The third kappa shape index (κ3) is 1.64. The molecule has 0 fully saturated rings. The number of benzene rings is 2. The van der Waals surface area contributed by atoms with Gasteiger partial charge in [-0.1, -0.05) is 29.8 Å². The minimum absolute atomic E-state index is 0.0628. The van der Waals surface area contributed by atoms with E-state index in [9.17, 15) is 14.0 Å². The van der Waals surface area contributed by atoms with E-state index >= 15 is 0 Å². The number of carbonyl (C=O) groups excluding carboxylic acids is 2. The van der Waals surface area contributed by atoms with Gasteiger partial charge < -0.3 is 0 Å². The molecule has 0 saturated heterocycles. The molecule has 0 aromatic heterocycles. The number of halogens is 2. The van der Waals surface area contributed by atoms with Gasteiger partial charge in [0.15, 0.2) is 0 Å². The summed E-state index contributed by atoms with van der Waals surface area (Å²) in [5.74, 6) is -1.66. The Morgan fingerprint density at radius 2 is 1.47 bits per heavy atom. The molecule has 1 aliphatic rings. The van der Waals surface area contributed by atoms with E-state index in [1.54, 1.807) is 24.3 Å². The second kappa shape index (κ2) is 4.17. The number of anilines is 1. The molecule has 0 radical (unpaired) electrons. The quantitative estimate of drug-likeness (QED) is 0.749. The van der Waals surface area contributed by atoms with Crippen molar-refractivity contribution in [1.82, 2.24) is 0 Å². The van der Waals surface area contributed by atoms with Crippen LogP contribution in [0.4, 0.5) is 10.1 Å². The molecule has 0 N–H and O–H groups in total. The zero-order valence-corrected chi connectivity index (χ0v) is 10.3. The van der Waals surface area contributed by atoms with Crippen molar-refractivity contribution in [2.45, 2.75) is 0 Å². The van der Waals surface area contributed by atoms with E-state index in [0.717, 1.165) is 4.90 Å². The lowest BCUT2D eigenvalue weighted by molar-refractivity contribution is 0.0926. The normalized spacial score (nSPS) is 13.9. The van der Waals surface area contributed by atoms with Crippen LogP contribution in [0, 0.1) is 5.82 Å². The van der Waals surface area contributed by atoms with E-state index in [1.807, 2.05) is 0 Å². The van der Waals surface area contributed by atoms with Gasteiger partial charge in [-0.05, 0) is 24.3 Å². The molecular weight excluding hydrogens is 269 g/mol. The number of nitrogens with zero attached hydrogens (tertiary/aromatic N) is 1. The van der Waals surface area contributed by atoms with Gasteiger partial charge in [0.25, 0.3) is 11.8 Å². The Kier molecular flexibility index (Phi) is 2.61. The lowest BCUT2D eigenvalue weighted by Gasteiger charge is -2.15. The summed E-state index contributed by atoms with van der Waals surface area (Å²) in [4.78, 5) is 25.3. The van der Waals surface area contributed by atoms with E-state index in [4.69, 9.17) is 11.6 Å². The Bertz CT molecular complexity index is 679. The average molecular weight is 276 g/mol. The second-order valence-corrected chi connectivity index (χ2v) is 4.44. The highest BCUT2D eigenvalue weighted by Gasteiger charge is 2.37. The van der Waals surface area contributed by atoms with E-state index in [-0.39, 0.29) is 10.7 Å². The van der Waals surface area contributed by atoms with Gasteiger partial charge in [0, 0.05) is 0 Å². The van der Waals surface area contributed by atoms with Crippen LogP contribution in [0.1, 0.15) is 20.7 Å². The van der Waals surface area contributed by atoms with Crippen LogP contribution < -0.4 is 4.90 Å². The van der Waals surface area contributed by atoms with Crippen molar-refractivity contribution in [3.8, 4) is 0 Å². The Morgan fingerprint density at radius 1 is 0.895 bits per heavy atom. The summed E-state index contributed by atoms with van der Waals surface area (Å²) in [5, 5.41) is -0.239. The van der Waals surface area contributed by atoms with Crippen LogP contribution in [-0.4, -0.2) is 11.8 Å². The number of carbonyl (C=O) groups is 2. The molecule has 3 nitrogen and oxygen atoms in total. The standard InChI is InChI=1S/C14H7ClFNO2/c15-12-10(16)6-3-7-11(12)17-13(18)8-4-1-2-5-9(8)14(17)19/h1-7H. The van der Waals surface area contributed by atoms with Crippen molar-refractivity contribution in [2.24, 2.45) is 0 Å². The van der Waals surface area contributed by atoms with Crippen LogP contribution in [0.5, 0.6) is 0 Å². The molecule has 0 bridgehead atoms. The maximum atomic E-state index is 13.4. The van der Waals surface area contributed by atoms with Crippen LogP contribution in [0.3, 0.4) is 0 Å². The highest BCUT2D eigenvalue weighted by atomic mass is 35.5. The average Bonchev–Trinajstić information content (AvgIpc) is 2.67. The van der Waals surface area contributed by atoms with Gasteiger partial charge in [-0.2, -0.15) is 0 Å². The van der Waals surface area contributed by atoms with Gasteiger partial charge in [0.05, 0.1) is 16.8 Å². The van der Waals surface area contributed by atoms with Crippen LogP contribution in [0.2, 0.25) is 5.02 Å². The van der Waals surface area contributed by atoms with Crippen molar-refractivity contribution in [3.63, 3.8) is 0 Å². The largest absolute Gasteiger partial charge is 0.268 e. The summed E-state index contributed by atoms with van der Waals surface area (Å²) in [7, 11) is 0. The van der Waals surface area contributed by atoms with Crippen LogP contribution in [0.25, 0.3) is 0 Å². The van der Waals surface area contributed by atoms with Gasteiger partial charge in [-0.15, -0.1) is 0 Å². The highest BCUT2D eigenvalue weighted by molar-refractivity contribution is 6.39. The number of hydrogen-bond acceptors (Lipinski definition) is 2. The highest BCUT2D eigenvalue weighted by Crippen LogP contribution is 2.34. The minimum Gasteiger partial charge on any atom is -0.268 e. The molecule has 0 saturated carbocycles. The fraction of sp³-hybridized carbons (Fsp3) is 0. The molecule has 1 heterocycles. The number of imide groups is 1. The first-order valence-electron chi connectivity index (χ1n) is 5.53. The van der Waals surface area contributed by atoms with Crippen LogP contribution in [-0.2, 0) is 0 Å². The predicted molar refractivity (Wildman–Crippen MR) is 69.0 cm³/mol. The van der Waals surface area contributed by atoms with Crippen molar-refractivity contribution in [3.05, 3.63) is 64.4 Å². The first-order chi connectivity index (χ1) is 9.11. The second-order valence-electron chi connectivity index (χ2n) is 4.06. The number of fused-ring (bicyclic) bond motifs is 1. The lowest BCUT2D eigenvalue weighted by Crippen LogP contribution is -2.29.